The zero-order valence-corrected chi connectivity index (χ0v) is 9.38. The third-order valence-electron chi connectivity index (χ3n) is 3.34. The van der Waals surface area contributed by atoms with Crippen molar-refractivity contribution in [2.45, 2.75) is 32.6 Å². The van der Waals surface area contributed by atoms with Crippen molar-refractivity contribution in [2.75, 3.05) is 18.5 Å². The van der Waals surface area contributed by atoms with Gasteiger partial charge in [0.1, 0.15) is 0 Å². The highest BCUT2D eigenvalue weighted by atomic mass is 15.1. The van der Waals surface area contributed by atoms with Gasteiger partial charge in [0.15, 0.2) is 0 Å². The van der Waals surface area contributed by atoms with Gasteiger partial charge in [-0.3, -0.25) is 0 Å². The Morgan fingerprint density at radius 1 is 1.43 bits per heavy atom. The first-order valence-electron chi connectivity index (χ1n) is 5.57. The van der Waals surface area contributed by atoms with E-state index in [4.69, 9.17) is 0 Å². The Morgan fingerprint density at radius 2 is 2.21 bits per heavy atom. The zero-order chi connectivity index (χ0) is 10.1. The minimum atomic E-state index is 0.729. The molecule has 1 aromatic carbocycles. The fraction of sp³-hybridized carbons (Fsp3) is 0.538. The molecule has 0 aromatic heterocycles. The van der Waals surface area contributed by atoms with Crippen LogP contribution >= 0.6 is 0 Å². The van der Waals surface area contributed by atoms with Crippen LogP contribution in [-0.2, 0) is 6.42 Å². The number of para-hydroxylation sites is 1. The molecule has 0 spiro atoms. The molecule has 76 valence electrons. The average Bonchev–Trinajstić information content (AvgIpc) is 2.23. The van der Waals surface area contributed by atoms with Crippen molar-refractivity contribution in [2.24, 2.45) is 0 Å². The first-order valence-corrected chi connectivity index (χ1v) is 5.57. The maximum absolute atomic E-state index is 2.41. The molecule has 0 saturated heterocycles. The van der Waals surface area contributed by atoms with Crippen molar-refractivity contribution in [1.29, 1.82) is 0 Å². The molecule has 1 aliphatic heterocycles. The van der Waals surface area contributed by atoms with Crippen molar-refractivity contribution in [1.82, 2.24) is 0 Å². The summed E-state index contributed by atoms with van der Waals surface area (Å²) in [6, 6.07) is 6.75. The summed E-state index contributed by atoms with van der Waals surface area (Å²) < 4.78 is 0. The maximum Gasteiger partial charge on any atom is 0.0431 e. The van der Waals surface area contributed by atoms with Gasteiger partial charge in [-0.25, -0.2) is 0 Å². The molecule has 0 amide bonds. The van der Waals surface area contributed by atoms with Crippen LogP contribution in [0.2, 0.25) is 0 Å². The predicted octanol–water partition coefficient (Wildman–Crippen LogP) is 3.19. The quantitative estimate of drug-likeness (QED) is 0.655. The van der Waals surface area contributed by atoms with E-state index < -0.39 is 0 Å². The summed E-state index contributed by atoms with van der Waals surface area (Å²) in [6.07, 6.45) is 2.43. The molecule has 0 fully saturated rings. The van der Waals surface area contributed by atoms with Gasteiger partial charge in [0.2, 0.25) is 0 Å². The summed E-state index contributed by atoms with van der Waals surface area (Å²) in [5, 5.41) is 0. The number of rotatable bonds is 1. The van der Waals surface area contributed by atoms with Crippen LogP contribution in [0.4, 0.5) is 5.69 Å². The molecule has 0 radical (unpaired) electrons. The van der Waals surface area contributed by atoms with E-state index in [2.05, 4.69) is 44.0 Å². The molecule has 1 heterocycles. The molecule has 1 heteroatoms. The Kier molecular flexibility index (Phi) is 2.49. The number of aryl methyl sites for hydroxylation is 1. The fourth-order valence-electron chi connectivity index (χ4n) is 2.41. The number of nitrogens with zero attached hydrogens (tertiary/aromatic N) is 1. The van der Waals surface area contributed by atoms with Crippen LogP contribution in [0.15, 0.2) is 18.2 Å². The molecule has 0 N–H and O–H groups in total. The molecule has 0 saturated carbocycles. The van der Waals surface area contributed by atoms with E-state index in [0.29, 0.717) is 0 Å². The SMILES string of the molecule is CCc1cccc2c1N(C)CC[C@@H]2C. The first-order chi connectivity index (χ1) is 6.74. The lowest BCUT2D eigenvalue weighted by atomic mass is 9.89. The van der Waals surface area contributed by atoms with Gasteiger partial charge in [0.05, 0.1) is 0 Å². The first kappa shape index (κ1) is 9.57. The minimum Gasteiger partial charge on any atom is -0.374 e. The Bertz CT molecular complexity index is 330. The summed E-state index contributed by atoms with van der Waals surface area (Å²) in [4.78, 5) is 2.41. The van der Waals surface area contributed by atoms with Crippen molar-refractivity contribution >= 4 is 5.69 Å². The molecule has 1 nitrogen and oxygen atoms in total. The third-order valence-corrected chi connectivity index (χ3v) is 3.34. The standard InChI is InChI=1S/C13H19N/c1-4-11-6-5-7-12-10(2)8-9-14(3)13(11)12/h5-7,10H,4,8-9H2,1-3H3/t10-/m0/s1. The largest absolute Gasteiger partial charge is 0.374 e. The Morgan fingerprint density at radius 3 is 2.93 bits per heavy atom. The van der Waals surface area contributed by atoms with Gasteiger partial charge in [0.25, 0.3) is 0 Å². The molecule has 0 aliphatic carbocycles. The second kappa shape index (κ2) is 3.64. The topological polar surface area (TPSA) is 3.24 Å². The van der Waals surface area contributed by atoms with Gasteiger partial charge in [-0.15, -0.1) is 0 Å². The van der Waals surface area contributed by atoms with E-state index in [1.807, 2.05) is 0 Å². The summed E-state index contributed by atoms with van der Waals surface area (Å²) in [7, 11) is 2.21. The van der Waals surface area contributed by atoms with Gasteiger partial charge < -0.3 is 4.90 Å². The summed E-state index contributed by atoms with van der Waals surface area (Å²) in [5.41, 5.74) is 4.53. The molecule has 1 aromatic rings. The highest BCUT2D eigenvalue weighted by Crippen LogP contribution is 2.36. The fourth-order valence-corrected chi connectivity index (χ4v) is 2.41. The van der Waals surface area contributed by atoms with E-state index in [9.17, 15) is 0 Å². The smallest absolute Gasteiger partial charge is 0.0431 e. The number of anilines is 1. The van der Waals surface area contributed by atoms with Crippen molar-refractivity contribution in [3.05, 3.63) is 29.3 Å². The summed E-state index contributed by atoms with van der Waals surface area (Å²) in [6.45, 7) is 5.78. The molecule has 0 bridgehead atoms. The van der Waals surface area contributed by atoms with Gasteiger partial charge in [-0.05, 0) is 29.9 Å². The van der Waals surface area contributed by atoms with Crippen LogP contribution in [0.25, 0.3) is 0 Å². The van der Waals surface area contributed by atoms with Gasteiger partial charge >= 0.3 is 0 Å². The van der Waals surface area contributed by atoms with Gasteiger partial charge in [-0.1, -0.05) is 32.0 Å². The maximum atomic E-state index is 2.41. The lowest BCUT2D eigenvalue weighted by Crippen LogP contribution is -2.27. The molecular weight excluding hydrogens is 170 g/mol. The van der Waals surface area contributed by atoms with Crippen molar-refractivity contribution in [3.63, 3.8) is 0 Å². The molecule has 0 unspecified atom stereocenters. The highest BCUT2D eigenvalue weighted by molar-refractivity contribution is 5.62. The van der Waals surface area contributed by atoms with Crippen LogP contribution in [-0.4, -0.2) is 13.6 Å². The van der Waals surface area contributed by atoms with Crippen LogP contribution in [0.5, 0.6) is 0 Å². The molecule has 14 heavy (non-hydrogen) atoms. The molecular formula is C13H19N. The van der Waals surface area contributed by atoms with Crippen molar-refractivity contribution < 1.29 is 0 Å². The Labute approximate surface area is 86.7 Å². The monoisotopic (exact) mass is 189 g/mol. The van der Waals surface area contributed by atoms with E-state index in [1.54, 1.807) is 0 Å². The lowest BCUT2D eigenvalue weighted by molar-refractivity contribution is 0.634. The van der Waals surface area contributed by atoms with Gasteiger partial charge in [0, 0.05) is 19.3 Å². The molecule has 1 atom stereocenters. The Balaban J connectivity index is 2.54. The molecule has 2 rings (SSSR count). The summed E-state index contributed by atoms with van der Waals surface area (Å²) >= 11 is 0. The minimum absolute atomic E-state index is 0.729. The van der Waals surface area contributed by atoms with E-state index in [-0.39, 0.29) is 0 Å². The predicted molar refractivity (Wildman–Crippen MR) is 62.1 cm³/mol. The highest BCUT2D eigenvalue weighted by Gasteiger charge is 2.21. The number of benzene rings is 1. The van der Waals surface area contributed by atoms with Crippen LogP contribution in [0, 0.1) is 0 Å². The van der Waals surface area contributed by atoms with Crippen LogP contribution < -0.4 is 4.90 Å². The van der Waals surface area contributed by atoms with Crippen molar-refractivity contribution in [3.8, 4) is 0 Å². The van der Waals surface area contributed by atoms with E-state index >= 15 is 0 Å². The van der Waals surface area contributed by atoms with E-state index in [0.717, 1.165) is 12.3 Å². The molecule has 1 aliphatic rings. The lowest BCUT2D eigenvalue weighted by Gasteiger charge is -2.33. The number of hydrogen-bond acceptors (Lipinski definition) is 1. The number of hydrogen-bond donors (Lipinski definition) is 0. The Hall–Kier alpha value is -0.980. The third kappa shape index (κ3) is 1.41. The second-order valence-electron chi connectivity index (χ2n) is 4.32. The second-order valence-corrected chi connectivity index (χ2v) is 4.32. The summed E-state index contributed by atoms with van der Waals surface area (Å²) in [5.74, 6) is 0.729. The van der Waals surface area contributed by atoms with Crippen LogP contribution in [0.1, 0.15) is 37.3 Å². The number of fused-ring (bicyclic) bond motifs is 1. The van der Waals surface area contributed by atoms with Crippen LogP contribution in [0.3, 0.4) is 0 Å². The van der Waals surface area contributed by atoms with Gasteiger partial charge in [-0.2, -0.15) is 0 Å². The zero-order valence-electron chi connectivity index (χ0n) is 9.38. The average molecular weight is 189 g/mol. The van der Waals surface area contributed by atoms with E-state index in [1.165, 1.54) is 29.8 Å². The normalized spacial score (nSPS) is 20.8.